The third-order valence-electron chi connectivity index (χ3n) is 3.89. The van der Waals surface area contributed by atoms with Crippen LogP contribution >= 0.6 is 11.6 Å². The van der Waals surface area contributed by atoms with Crippen molar-refractivity contribution in [3.05, 3.63) is 24.2 Å². The molecule has 0 aliphatic carbocycles. The number of rotatable bonds is 2. The van der Waals surface area contributed by atoms with Crippen LogP contribution in [0.15, 0.2) is 18.3 Å². The molecule has 0 N–H and O–H groups in total. The van der Waals surface area contributed by atoms with Gasteiger partial charge in [-0.1, -0.05) is 0 Å². The maximum atomic E-state index is 6.31. The predicted octanol–water partition coefficient (Wildman–Crippen LogP) is 3.00. The minimum Gasteiger partial charge on any atom is -0.308 e. The van der Waals surface area contributed by atoms with Gasteiger partial charge in [-0.15, -0.1) is 11.6 Å². The molecule has 3 heterocycles. The van der Waals surface area contributed by atoms with Gasteiger partial charge < -0.3 is 9.47 Å². The lowest BCUT2D eigenvalue weighted by Gasteiger charge is -2.31. The van der Waals surface area contributed by atoms with E-state index >= 15 is 0 Å². The van der Waals surface area contributed by atoms with Crippen LogP contribution in [-0.2, 0) is 0 Å². The molecule has 4 nitrogen and oxygen atoms in total. The van der Waals surface area contributed by atoms with E-state index in [0.717, 1.165) is 42.9 Å². The quantitative estimate of drug-likeness (QED) is 0.792. The highest BCUT2D eigenvalue weighted by molar-refractivity contribution is 6.20. The number of hydrogen-bond donors (Lipinski definition) is 0. The molecule has 1 aliphatic heterocycles. The van der Waals surface area contributed by atoms with Gasteiger partial charge in [-0.3, -0.25) is 0 Å². The molecule has 0 saturated carbocycles. The molecule has 1 atom stereocenters. The number of halogens is 1. The first kappa shape index (κ1) is 12.9. The fourth-order valence-corrected chi connectivity index (χ4v) is 2.99. The summed E-state index contributed by atoms with van der Waals surface area (Å²) in [6, 6.07) is 4.40. The average Bonchev–Trinajstić information content (AvgIpc) is 2.79. The van der Waals surface area contributed by atoms with Crippen LogP contribution < -0.4 is 0 Å². The summed E-state index contributed by atoms with van der Waals surface area (Å²) in [6.07, 6.45) is 4.10. The normalized spacial score (nSPS) is 19.9. The first-order chi connectivity index (χ1) is 9.16. The number of pyridine rings is 1. The van der Waals surface area contributed by atoms with Crippen LogP contribution in [0.1, 0.15) is 37.0 Å². The minimum absolute atomic E-state index is 0.0890. The highest BCUT2D eigenvalue weighted by atomic mass is 35.5. The van der Waals surface area contributed by atoms with Crippen molar-refractivity contribution >= 4 is 22.8 Å². The molecular weight excluding hydrogens is 260 g/mol. The van der Waals surface area contributed by atoms with Gasteiger partial charge >= 0.3 is 0 Å². The summed E-state index contributed by atoms with van der Waals surface area (Å²) in [4.78, 5) is 11.5. The Morgan fingerprint density at radius 3 is 2.79 bits per heavy atom. The maximum absolute atomic E-state index is 6.31. The van der Waals surface area contributed by atoms with Gasteiger partial charge in [0.05, 0.1) is 5.38 Å². The second-order valence-electron chi connectivity index (χ2n) is 5.34. The summed E-state index contributed by atoms with van der Waals surface area (Å²) in [7, 11) is 2.17. The van der Waals surface area contributed by atoms with E-state index in [2.05, 4.69) is 26.5 Å². The predicted molar refractivity (Wildman–Crippen MR) is 77.6 cm³/mol. The van der Waals surface area contributed by atoms with E-state index in [-0.39, 0.29) is 5.38 Å². The highest BCUT2D eigenvalue weighted by Crippen LogP contribution is 2.31. The van der Waals surface area contributed by atoms with Crippen molar-refractivity contribution in [2.75, 3.05) is 20.1 Å². The lowest BCUT2D eigenvalue weighted by atomic mass is 10.1. The first-order valence-corrected chi connectivity index (χ1v) is 7.26. The fourth-order valence-electron chi connectivity index (χ4n) is 2.84. The zero-order valence-electron chi connectivity index (χ0n) is 11.4. The molecule has 1 saturated heterocycles. The smallest absolute Gasteiger partial charge is 0.160 e. The molecular formula is C14H19ClN4. The van der Waals surface area contributed by atoms with E-state index in [1.54, 1.807) is 0 Å². The monoisotopic (exact) mass is 278 g/mol. The van der Waals surface area contributed by atoms with Crippen molar-refractivity contribution in [1.29, 1.82) is 0 Å². The lowest BCUT2D eigenvalue weighted by molar-refractivity contribution is 0.221. The van der Waals surface area contributed by atoms with Crippen LogP contribution in [-0.4, -0.2) is 39.6 Å². The van der Waals surface area contributed by atoms with Gasteiger partial charge in [-0.2, -0.15) is 0 Å². The number of aromatic nitrogens is 3. The van der Waals surface area contributed by atoms with Gasteiger partial charge in [0.25, 0.3) is 0 Å². The van der Waals surface area contributed by atoms with Crippen LogP contribution in [0, 0.1) is 0 Å². The number of hydrogen-bond acceptors (Lipinski definition) is 3. The van der Waals surface area contributed by atoms with Crippen LogP contribution in [0.2, 0.25) is 0 Å². The second kappa shape index (κ2) is 5.10. The Morgan fingerprint density at radius 1 is 1.37 bits per heavy atom. The van der Waals surface area contributed by atoms with E-state index in [1.807, 2.05) is 25.3 Å². The molecule has 102 valence electrons. The number of imidazole rings is 1. The van der Waals surface area contributed by atoms with Crippen molar-refractivity contribution in [2.24, 2.45) is 0 Å². The number of likely N-dealkylation sites (tertiary alicyclic amines) is 1. The van der Waals surface area contributed by atoms with Gasteiger partial charge in [-0.25, -0.2) is 9.97 Å². The molecule has 1 aliphatic rings. The highest BCUT2D eigenvalue weighted by Gasteiger charge is 2.25. The molecule has 19 heavy (non-hydrogen) atoms. The standard InChI is InChI=1S/C14H19ClN4/c1-10(15)13-17-12-4-3-7-16-14(12)19(13)11-5-8-18(2)9-6-11/h3-4,7,10-11H,5-6,8-9H2,1-2H3. The number of alkyl halides is 1. The van der Waals surface area contributed by atoms with Crippen LogP contribution in [0.3, 0.4) is 0 Å². The summed E-state index contributed by atoms with van der Waals surface area (Å²) in [6.45, 7) is 4.22. The van der Waals surface area contributed by atoms with Crippen LogP contribution in [0.25, 0.3) is 11.2 Å². The summed E-state index contributed by atoms with van der Waals surface area (Å²) >= 11 is 6.31. The molecule has 0 radical (unpaired) electrons. The Morgan fingerprint density at radius 2 is 2.11 bits per heavy atom. The van der Waals surface area contributed by atoms with Crippen molar-refractivity contribution < 1.29 is 0 Å². The zero-order valence-corrected chi connectivity index (χ0v) is 12.1. The molecule has 2 aromatic heterocycles. The van der Waals surface area contributed by atoms with Crippen molar-refractivity contribution in [2.45, 2.75) is 31.2 Å². The van der Waals surface area contributed by atoms with Crippen LogP contribution in [0.4, 0.5) is 0 Å². The average molecular weight is 279 g/mol. The van der Waals surface area contributed by atoms with E-state index < -0.39 is 0 Å². The fraction of sp³-hybridized carbons (Fsp3) is 0.571. The molecule has 1 fully saturated rings. The maximum Gasteiger partial charge on any atom is 0.160 e. The van der Waals surface area contributed by atoms with Crippen LogP contribution in [0.5, 0.6) is 0 Å². The summed E-state index contributed by atoms with van der Waals surface area (Å²) in [5, 5.41) is -0.0890. The Kier molecular flexibility index (Phi) is 3.46. The van der Waals surface area contributed by atoms with Gasteiger partial charge in [0.15, 0.2) is 5.65 Å². The SMILES string of the molecule is CC(Cl)c1nc2cccnc2n1C1CCN(C)CC1. The number of nitrogens with zero attached hydrogens (tertiary/aromatic N) is 4. The zero-order chi connectivity index (χ0) is 13.4. The van der Waals surface area contributed by atoms with Crippen molar-refractivity contribution in [3.8, 4) is 0 Å². The van der Waals surface area contributed by atoms with Crippen molar-refractivity contribution in [3.63, 3.8) is 0 Å². The molecule has 3 rings (SSSR count). The van der Waals surface area contributed by atoms with E-state index in [4.69, 9.17) is 11.6 Å². The van der Waals surface area contributed by atoms with E-state index in [0.29, 0.717) is 6.04 Å². The topological polar surface area (TPSA) is 34.0 Å². The van der Waals surface area contributed by atoms with Gasteiger partial charge in [0.1, 0.15) is 11.3 Å². The lowest BCUT2D eigenvalue weighted by Crippen LogP contribution is -2.32. The first-order valence-electron chi connectivity index (χ1n) is 6.82. The minimum atomic E-state index is -0.0890. The Labute approximate surface area is 118 Å². The Bertz CT molecular complexity index is 570. The number of piperidine rings is 1. The Hall–Kier alpha value is -1.13. The summed E-state index contributed by atoms with van der Waals surface area (Å²) in [5.74, 6) is 0.949. The third kappa shape index (κ3) is 2.35. The summed E-state index contributed by atoms with van der Waals surface area (Å²) in [5.41, 5.74) is 1.92. The van der Waals surface area contributed by atoms with Gasteiger partial charge in [0.2, 0.25) is 0 Å². The van der Waals surface area contributed by atoms with E-state index in [1.165, 1.54) is 0 Å². The molecule has 2 aromatic rings. The molecule has 0 aromatic carbocycles. The summed E-state index contributed by atoms with van der Waals surface area (Å²) < 4.78 is 2.26. The molecule has 5 heteroatoms. The third-order valence-corrected chi connectivity index (χ3v) is 4.08. The van der Waals surface area contributed by atoms with E-state index in [9.17, 15) is 0 Å². The molecule has 0 amide bonds. The molecule has 0 spiro atoms. The molecule has 1 unspecified atom stereocenters. The Balaban J connectivity index is 2.07. The molecule has 0 bridgehead atoms. The van der Waals surface area contributed by atoms with Gasteiger partial charge in [0, 0.05) is 12.2 Å². The van der Waals surface area contributed by atoms with Crippen molar-refractivity contribution in [1.82, 2.24) is 19.4 Å². The van der Waals surface area contributed by atoms with Gasteiger partial charge in [-0.05, 0) is 52.0 Å². The number of fused-ring (bicyclic) bond motifs is 1. The largest absolute Gasteiger partial charge is 0.308 e. The second-order valence-corrected chi connectivity index (χ2v) is 5.99.